The molecule has 0 radical (unpaired) electrons. The molecule has 196 valence electrons. The van der Waals surface area contributed by atoms with E-state index in [1.807, 2.05) is 0 Å². The van der Waals surface area contributed by atoms with E-state index in [4.69, 9.17) is 31.3 Å². The number of ether oxygens (including phenoxy) is 1. The molecule has 0 bridgehead atoms. The lowest BCUT2D eigenvalue weighted by Crippen LogP contribution is -2.34. The molecule has 36 heavy (non-hydrogen) atoms. The van der Waals surface area contributed by atoms with Crippen molar-refractivity contribution in [3.05, 3.63) is 34.2 Å². The predicted octanol–water partition coefficient (Wildman–Crippen LogP) is 3.80. The van der Waals surface area contributed by atoms with Crippen LogP contribution in [0.2, 0.25) is 5.02 Å². The fraction of sp³-hybridized carbons (Fsp3) is 0.333. The lowest BCUT2D eigenvalue weighted by atomic mass is 9.97. The van der Waals surface area contributed by atoms with E-state index >= 15 is 0 Å². The Kier molecular flexibility index (Phi) is 10.1. The van der Waals surface area contributed by atoms with Crippen LogP contribution in [0.3, 0.4) is 0 Å². The van der Waals surface area contributed by atoms with Gasteiger partial charge >= 0.3 is 24.1 Å². The minimum atomic E-state index is -5.08. The topological polar surface area (TPSA) is 162 Å². The van der Waals surface area contributed by atoms with Crippen LogP contribution in [0.15, 0.2) is 24.3 Å². The van der Waals surface area contributed by atoms with Gasteiger partial charge in [-0.15, -0.1) is 11.3 Å². The van der Waals surface area contributed by atoms with E-state index in [2.05, 4.69) is 10.6 Å². The second-order valence-corrected chi connectivity index (χ2v) is 8.69. The molecule has 0 atom stereocenters. The van der Waals surface area contributed by atoms with Gasteiger partial charge in [-0.05, 0) is 43.6 Å². The van der Waals surface area contributed by atoms with Gasteiger partial charge in [0.15, 0.2) is 17.2 Å². The van der Waals surface area contributed by atoms with Gasteiger partial charge in [-0.2, -0.15) is 13.2 Å². The number of hydrogen-bond acceptors (Lipinski definition) is 7. The SMILES string of the molecule is O=C(O)C(F)(F)F.O=C(O)COc1c(C(=O)O)sc(-c2cccc(NC(=O)C3CCNCC3)c2)c1Cl. The predicted molar refractivity (Wildman–Crippen MR) is 123 cm³/mol. The van der Waals surface area contributed by atoms with Crippen LogP contribution in [0.5, 0.6) is 5.75 Å². The standard InChI is InChI=1S/C19H19ClN2O6S.C2HF3O2/c20-14-15(28-9-13(23)24)17(19(26)27)29-16(14)11-2-1-3-12(8-11)22-18(25)10-4-6-21-7-5-10;3-2(4,5)1(6)7/h1-3,8,10,21H,4-7,9H2,(H,22,25)(H,23,24)(H,26,27);(H,6,7). The molecule has 0 spiro atoms. The second-order valence-electron chi connectivity index (χ2n) is 7.29. The molecule has 1 amide bonds. The number of aromatic carboxylic acids is 1. The molecule has 1 fully saturated rings. The van der Waals surface area contributed by atoms with Gasteiger partial charge in [0.1, 0.15) is 5.02 Å². The van der Waals surface area contributed by atoms with Crippen LogP contribution in [0, 0.1) is 5.92 Å². The Hall–Kier alpha value is -3.36. The van der Waals surface area contributed by atoms with Gasteiger partial charge < -0.3 is 30.7 Å². The van der Waals surface area contributed by atoms with Crippen molar-refractivity contribution in [2.75, 3.05) is 25.0 Å². The first-order valence-electron chi connectivity index (χ1n) is 10.1. The molecule has 1 saturated heterocycles. The molecule has 1 aliphatic rings. The fourth-order valence-electron chi connectivity index (χ4n) is 3.05. The summed E-state index contributed by atoms with van der Waals surface area (Å²) in [6.07, 6.45) is -3.54. The van der Waals surface area contributed by atoms with Crippen molar-refractivity contribution < 1.29 is 52.4 Å². The molecule has 1 aromatic carbocycles. The van der Waals surface area contributed by atoms with E-state index in [-0.39, 0.29) is 27.5 Å². The zero-order valence-electron chi connectivity index (χ0n) is 18.2. The Balaban J connectivity index is 0.000000572. The third-order valence-electron chi connectivity index (χ3n) is 4.69. The van der Waals surface area contributed by atoms with Gasteiger partial charge in [-0.1, -0.05) is 23.7 Å². The molecule has 0 unspecified atom stereocenters. The summed E-state index contributed by atoms with van der Waals surface area (Å²) in [6.45, 7) is 0.905. The Labute approximate surface area is 210 Å². The van der Waals surface area contributed by atoms with E-state index in [1.54, 1.807) is 24.3 Å². The van der Waals surface area contributed by atoms with Gasteiger partial charge in [0.05, 0.1) is 4.88 Å². The van der Waals surface area contributed by atoms with Crippen LogP contribution >= 0.6 is 22.9 Å². The lowest BCUT2D eigenvalue weighted by Gasteiger charge is -2.21. The van der Waals surface area contributed by atoms with Gasteiger partial charge in [0, 0.05) is 11.6 Å². The largest absolute Gasteiger partial charge is 0.490 e. The number of thiophene rings is 1. The molecule has 0 aliphatic carbocycles. The first-order chi connectivity index (χ1) is 16.8. The van der Waals surface area contributed by atoms with Crippen molar-refractivity contribution in [3.63, 3.8) is 0 Å². The molecule has 15 heteroatoms. The normalized spacial score (nSPS) is 13.8. The van der Waals surface area contributed by atoms with E-state index in [0.29, 0.717) is 16.1 Å². The third-order valence-corrected chi connectivity index (χ3v) is 6.37. The van der Waals surface area contributed by atoms with Crippen LogP contribution < -0.4 is 15.4 Å². The van der Waals surface area contributed by atoms with Crippen LogP contribution in [0.1, 0.15) is 22.5 Å². The van der Waals surface area contributed by atoms with Crippen molar-refractivity contribution in [1.29, 1.82) is 0 Å². The van der Waals surface area contributed by atoms with Crippen molar-refractivity contribution >= 4 is 52.4 Å². The highest BCUT2D eigenvalue weighted by Crippen LogP contribution is 2.45. The summed E-state index contributed by atoms with van der Waals surface area (Å²) in [5, 5.41) is 31.4. The van der Waals surface area contributed by atoms with Crippen LogP contribution in [-0.4, -0.2) is 65.0 Å². The number of piperidine rings is 1. The van der Waals surface area contributed by atoms with Crippen LogP contribution in [0.4, 0.5) is 18.9 Å². The first-order valence-corrected chi connectivity index (χ1v) is 11.3. The molecule has 10 nitrogen and oxygen atoms in total. The Morgan fingerprint density at radius 2 is 1.75 bits per heavy atom. The highest BCUT2D eigenvalue weighted by Gasteiger charge is 2.38. The summed E-state index contributed by atoms with van der Waals surface area (Å²) in [4.78, 5) is 43.9. The van der Waals surface area contributed by atoms with Crippen molar-refractivity contribution in [2.45, 2.75) is 19.0 Å². The number of nitrogens with one attached hydrogen (secondary N) is 2. The van der Waals surface area contributed by atoms with Crippen molar-refractivity contribution in [1.82, 2.24) is 5.32 Å². The maximum atomic E-state index is 12.5. The lowest BCUT2D eigenvalue weighted by molar-refractivity contribution is -0.192. The average Bonchev–Trinajstić information content (AvgIpc) is 3.14. The van der Waals surface area contributed by atoms with Gasteiger partial charge in [-0.25, -0.2) is 14.4 Å². The Morgan fingerprint density at radius 3 is 2.28 bits per heavy atom. The number of benzene rings is 1. The zero-order valence-corrected chi connectivity index (χ0v) is 19.8. The maximum absolute atomic E-state index is 12.5. The first kappa shape index (κ1) is 28.9. The number of halogens is 4. The van der Waals surface area contributed by atoms with E-state index in [0.717, 1.165) is 37.3 Å². The highest BCUT2D eigenvalue weighted by atomic mass is 35.5. The number of hydrogen-bond donors (Lipinski definition) is 5. The number of aliphatic carboxylic acids is 2. The Bertz CT molecular complexity index is 1130. The number of carbonyl (C=O) groups excluding carboxylic acids is 1. The van der Waals surface area contributed by atoms with Gasteiger partial charge in [-0.3, -0.25) is 4.79 Å². The molecule has 2 aromatic rings. The number of anilines is 1. The van der Waals surface area contributed by atoms with Crippen molar-refractivity contribution in [3.8, 4) is 16.2 Å². The van der Waals surface area contributed by atoms with Crippen LogP contribution in [0.25, 0.3) is 10.4 Å². The average molecular weight is 553 g/mol. The number of rotatable bonds is 7. The molecule has 3 rings (SSSR count). The van der Waals surface area contributed by atoms with E-state index in [1.165, 1.54) is 0 Å². The Morgan fingerprint density at radius 1 is 1.14 bits per heavy atom. The summed E-state index contributed by atoms with van der Waals surface area (Å²) >= 11 is 7.19. The third kappa shape index (κ3) is 8.10. The smallest absolute Gasteiger partial charge is 0.479 e. The number of carbonyl (C=O) groups is 4. The minimum Gasteiger partial charge on any atom is -0.479 e. The summed E-state index contributed by atoms with van der Waals surface area (Å²) in [7, 11) is 0. The summed E-state index contributed by atoms with van der Waals surface area (Å²) in [6, 6.07) is 6.89. The zero-order chi connectivity index (χ0) is 27.0. The number of amides is 1. The maximum Gasteiger partial charge on any atom is 0.490 e. The van der Waals surface area contributed by atoms with Gasteiger partial charge in [0.2, 0.25) is 5.91 Å². The van der Waals surface area contributed by atoms with E-state index < -0.39 is 30.7 Å². The molecule has 5 N–H and O–H groups in total. The number of carboxylic acid groups (broad SMARTS) is 3. The molecular weight excluding hydrogens is 533 g/mol. The van der Waals surface area contributed by atoms with E-state index in [9.17, 15) is 32.7 Å². The molecule has 2 heterocycles. The summed E-state index contributed by atoms with van der Waals surface area (Å²) < 4.78 is 36.8. The highest BCUT2D eigenvalue weighted by molar-refractivity contribution is 7.18. The second kappa shape index (κ2) is 12.6. The molecular formula is C21H20ClF3N2O8S. The monoisotopic (exact) mass is 552 g/mol. The van der Waals surface area contributed by atoms with Gasteiger partial charge in [0.25, 0.3) is 0 Å². The van der Waals surface area contributed by atoms with Crippen molar-refractivity contribution in [2.24, 2.45) is 5.92 Å². The summed E-state index contributed by atoms with van der Waals surface area (Å²) in [5.74, 6) is -5.55. The van der Waals surface area contributed by atoms with Crippen LogP contribution in [-0.2, 0) is 14.4 Å². The molecule has 0 saturated carbocycles. The fourth-order valence-corrected chi connectivity index (χ4v) is 4.45. The molecule has 1 aliphatic heterocycles. The number of alkyl halides is 3. The minimum absolute atomic E-state index is 0.0236. The quantitative estimate of drug-likeness (QED) is 0.344. The number of carboxylic acids is 3. The summed E-state index contributed by atoms with van der Waals surface area (Å²) in [5.41, 5.74) is 1.16. The molecule has 1 aromatic heterocycles.